The molecule has 1 saturated heterocycles. The molecule has 1 heterocycles. The highest BCUT2D eigenvalue weighted by Gasteiger charge is 2.34. The molecule has 0 aliphatic carbocycles. The average molecular weight is 274 g/mol. The monoisotopic (exact) mass is 274 g/mol. The van der Waals surface area contributed by atoms with E-state index in [9.17, 15) is 9.59 Å². The first kappa shape index (κ1) is 14.6. The molecule has 0 bridgehead atoms. The Balaban J connectivity index is 2.18. The third-order valence-corrected chi connectivity index (χ3v) is 3.55. The van der Waals surface area contributed by atoms with Gasteiger partial charge in [-0.3, -0.25) is 9.59 Å². The number of carbonyl (C=O) groups is 2. The zero-order valence-electron chi connectivity index (χ0n) is 12.6. The molecule has 4 heteroatoms. The summed E-state index contributed by atoms with van der Waals surface area (Å²) in [4.78, 5) is 25.8. The molecule has 1 N–H and O–H groups in total. The Morgan fingerprint density at radius 2 is 1.80 bits per heavy atom. The number of nitrogens with zero attached hydrogens (tertiary/aromatic N) is 1. The van der Waals surface area contributed by atoms with Gasteiger partial charge in [-0.25, -0.2) is 0 Å². The van der Waals surface area contributed by atoms with Crippen molar-refractivity contribution in [3.8, 4) is 0 Å². The van der Waals surface area contributed by atoms with Crippen molar-refractivity contribution in [2.75, 3.05) is 6.54 Å². The fourth-order valence-corrected chi connectivity index (χ4v) is 2.70. The summed E-state index contributed by atoms with van der Waals surface area (Å²) in [7, 11) is 0. The van der Waals surface area contributed by atoms with Gasteiger partial charge >= 0.3 is 0 Å². The van der Waals surface area contributed by atoms with E-state index in [4.69, 9.17) is 0 Å². The van der Waals surface area contributed by atoms with Crippen LogP contribution in [0.4, 0.5) is 0 Å². The van der Waals surface area contributed by atoms with Crippen LogP contribution in [-0.2, 0) is 16.1 Å². The number of nitrogens with one attached hydrogen (secondary N) is 1. The summed E-state index contributed by atoms with van der Waals surface area (Å²) in [6.45, 7) is 8.62. The highest BCUT2D eigenvalue weighted by molar-refractivity contribution is 5.94. The van der Waals surface area contributed by atoms with Gasteiger partial charge in [-0.05, 0) is 25.3 Å². The maximum Gasteiger partial charge on any atom is 0.246 e. The number of hydrogen-bond acceptors (Lipinski definition) is 2. The standard InChI is InChI=1S/C16H22N2O2/c1-10(2)15-16(20)18(9-14(19)17-15)8-13-6-11(3)5-12(4)7-13/h5-7,10,15H,8-9H2,1-4H3,(H,17,19). The molecule has 0 spiro atoms. The highest BCUT2D eigenvalue weighted by atomic mass is 16.2. The minimum atomic E-state index is -0.401. The van der Waals surface area contributed by atoms with Crippen molar-refractivity contribution in [3.63, 3.8) is 0 Å². The molecule has 20 heavy (non-hydrogen) atoms. The Hall–Kier alpha value is -1.84. The Labute approximate surface area is 120 Å². The minimum absolute atomic E-state index is 0.0127. The van der Waals surface area contributed by atoms with Crippen LogP contribution in [0.15, 0.2) is 18.2 Å². The first-order valence-electron chi connectivity index (χ1n) is 7.02. The van der Waals surface area contributed by atoms with Gasteiger partial charge in [-0.2, -0.15) is 0 Å². The lowest BCUT2D eigenvalue weighted by Gasteiger charge is -2.34. The lowest BCUT2D eigenvalue weighted by Crippen LogP contribution is -2.59. The Kier molecular flexibility index (Phi) is 4.12. The average Bonchev–Trinajstić information content (AvgIpc) is 2.31. The molecule has 1 aliphatic heterocycles. The lowest BCUT2D eigenvalue weighted by molar-refractivity contribution is -0.146. The van der Waals surface area contributed by atoms with Crippen LogP contribution in [0.25, 0.3) is 0 Å². The van der Waals surface area contributed by atoms with E-state index in [2.05, 4.69) is 23.5 Å². The second kappa shape index (κ2) is 5.65. The molecule has 0 radical (unpaired) electrons. The van der Waals surface area contributed by atoms with E-state index < -0.39 is 6.04 Å². The maximum atomic E-state index is 12.4. The van der Waals surface area contributed by atoms with Crippen molar-refractivity contribution >= 4 is 11.8 Å². The van der Waals surface area contributed by atoms with Crippen LogP contribution in [0.1, 0.15) is 30.5 Å². The third kappa shape index (κ3) is 3.18. The molecular weight excluding hydrogens is 252 g/mol. The summed E-state index contributed by atoms with van der Waals surface area (Å²) < 4.78 is 0. The molecule has 1 fully saturated rings. The predicted octanol–water partition coefficient (Wildman–Crippen LogP) is 1.79. The summed E-state index contributed by atoms with van der Waals surface area (Å²) in [6.07, 6.45) is 0. The molecule has 1 atom stereocenters. The first-order valence-corrected chi connectivity index (χ1v) is 7.02. The topological polar surface area (TPSA) is 49.4 Å². The van der Waals surface area contributed by atoms with E-state index in [-0.39, 0.29) is 24.3 Å². The Bertz CT molecular complexity index is 517. The number of carbonyl (C=O) groups excluding carboxylic acids is 2. The van der Waals surface area contributed by atoms with Crippen molar-refractivity contribution in [3.05, 3.63) is 34.9 Å². The molecule has 1 aromatic carbocycles. The molecule has 1 aliphatic rings. The molecule has 108 valence electrons. The summed E-state index contributed by atoms with van der Waals surface area (Å²) >= 11 is 0. The molecule has 2 amide bonds. The quantitative estimate of drug-likeness (QED) is 0.913. The van der Waals surface area contributed by atoms with Gasteiger partial charge in [0.2, 0.25) is 11.8 Å². The van der Waals surface area contributed by atoms with Crippen molar-refractivity contribution in [2.45, 2.75) is 40.3 Å². The van der Waals surface area contributed by atoms with Crippen LogP contribution in [0.5, 0.6) is 0 Å². The van der Waals surface area contributed by atoms with Crippen LogP contribution in [-0.4, -0.2) is 29.3 Å². The number of piperazine rings is 1. The molecule has 2 rings (SSSR count). The molecule has 1 unspecified atom stereocenters. The van der Waals surface area contributed by atoms with Gasteiger partial charge in [-0.15, -0.1) is 0 Å². The number of hydrogen-bond donors (Lipinski definition) is 1. The fraction of sp³-hybridized carbons (Fsp3) is 0.500. The number of amides is 2. The second-order valence-corrected chi connectivity index (χ2v) is 5.98. The van der Waals surface area contributed by atoms with Gasteiger partial charge in [0, 0.05) is 6.54 Å². The van der Waals surface area contributed by atoms with E-state index >= 15 is 0 Å². The Morgan fingerprint density at radius 1 is 1.20 bits per heavy atom. The molecule has 0 saturated carbocycles. The van der Waals surface area contributed by atoms with Gasteiger partial charge in [0.1, 0.15) is 6.04 Å². The van der Waals surface area contributed by atoms with Crippen molar-refractivity contribution in [1.29, 1.82) is 0 Å². The SMILES string of the molecule is Cc1cc(C)cc(CN2CC(=O)NC(C(C)C)C2=O)c1. The van der Waals surface area contributed by atoms with Gasteiger partial charge < -0.3 is 10.2 Å². The van der Waals surface area contributed by atoms with E-state index in [1.54, 1.807) is 4.90 Å². The van der Waals surface area contributed by atoms with Crippen LogP contribution in [0, 0.1) is 19.8 Å². The van der Waals surface area contributed by atoms with Crippen molar-refractivity contribution in [1.82, 2.24) is 10.2 Å². The van der Waals surface area contributed by atoms with E-state index in [0.717, 1.165) is 5.56 Å². The first-order chi connectivity index (χ1) is 9.36. The van der Waals surface area contributed by atoms with E-state index in [1.165, 1.54) is 11.1 Å². The van der Waals surface area contributed by atoms with E-state index in [1.807, 2.05) is 27.7 Å². The zero-order valence-corrected chi connectivity index (χ0v) is 12.6. The number of benzene rings is 1. The second-order valence-electron chi connectivity index (χ2n) is 5.98. The summed E-state index contributed by atoms with van der Waals surface area (Å²) in [5.74, 6) is 0.0416. The smallest absolute Gasteiger partial charge is 0.246 e. The van der Waals surface area contributed by atoms with Crippen molar-refractivity contribution < 1.29 is 9.59 Å². The summed E-state index contributed by atoms with van der Waals surface area (Å²) in [5, 5.41) is 2.77. The van der Waals surface area contributed by atoms with Gasteiger partial charge in [0.25, 0.3) is 0 Å². The van der Waals surface area contributed by atoms with Gasteiger partial charge in [-0.1, -0.05) is 43.2 Å². The third-order valence-electron chi connectivity index (χ3n) is 3.55. The van der Waals surface area contributed by atoms with Crippen molar-refractivity contribution in [2.24, 2.45) is 5.92 Å². The lowest BCUT2D eigenvalue weighted by atomic mass is 10.00. The van der Waals surface area contributed by atoms with Crippen LogP contribution in [0.3, 0.4) is 0 Å². The largest absolute Gasteiger partial charge is 0.343 e. The van der Waals surface area contributed by atoms with Gasteiger partial charge in [0.15, 0.2) is 0 Å². The predicted molar refractivity (Wildman–Crippen MR) is 78.1 cm³/mol. The molecule has 1 aromatic rings. The van der Waals surface area contributed by atoms with Crippen LogP contribution in [0.2, 0.25) is 0 Å². The summed E-state index contributed by atoms with van der Waals surface area (Å²) in [5.41, 5.74) is 3.43. The number of aryl methyl sites for hydroxylation is 2. The normalized spacial score (nSPS) is 19.4. The molecular formula is C16H22N2O2. The zero-order chi connectivity index (χ0) is 14.9. The van der Waals surface area contributed by atoms with Gasteiger partial charge in [0.05, 0.1) is 6.54 Å². The van der Waals surface area contributed by atoms with E-state index in [0.29, 0.717) is 6.54 Å². The van der Waals surface area contributed by atoms with Crippen LogP contribution < -0.4 is 5.32 Å². The fourth-order valence-electron chi connectivity index (χ4n) is 2.70. The highest BCUT2D eigenvalue weighted by Crippen LogP contribution is 2.16. The summed E-state index contributed by atoms with van der Waals surface area (Å²) in [6, 6.07) is 5.83. The Morgan fingerprint density at radius 3 is 2.35 bits per heavy atom. The molecule has 0 aromatic heterocycles. The molecule has 4 nitrogen and oxygen atoms in total. The minimum Gasteiger partial charge on any atom is -0.343 e. The maximum absolute atomic E-state index is 12.4. The number of rotatable bonds is 3. The van der Waals surface area contributed by atoms with Crippen LogP contribution >= 0.6 is 0 Å².